The molecule has 1 N–H and O–H groups in total. The van der Waals surface area contributed by atoms with Gasteiger partial charge in [0.1, 0.15) is 6.10 Å². The maximum Gasteiger partial charge on any atom is 0.254 e. The van der Waals surface area contributed by atoms with Crippen LogP contribution in [-0.4, -0.2) is 61.4 Å². The Morgan fingerprint density at radius 3 is 2.64 bits per heavy atom. The molecule has 1 aromatic carbocycles. The number of carbonyl (C=O) groups is 1. The number of amides is 1. The molecule has 1 amide bonds. The smallest absolute Gasteiger partial charge is 0.254 e. The number of rotatable bonds is 4. The molecule has 0 spiro atoms. The number of benzene rings is 1. The van der Waals surface area contributed by atoms with Crippen LogP contribution in [0.5, 0.6) is 0 Å². The minimum atomic E-state index is -1.02. The topological polar surface area (TPSA) is 59.0 Å². The number of piperidine rings is 1. The van der Waals surface area contributed by atoms with E-state index >= 15 is 0 Å². The summed E-state index contributed by atoms with van der Waals surface area (Å²) in [7, 11) is 3.02. The molecule has 0 unspecified atom stereocenters. The normalized spacial score (nSPS) is 21.0. The lowest BCUT2D eigenvalue weighted by molar-refractivity contribution is -0.275. The van der Waals surface area contributed by atoms with Crippen molar-refractivity contribution in [2.45, 2.75) is 30.1 Å². The lowest BCUT2D eigenvalue weighted by atomic mass is 9.98. The van der Waals surface area contributed by atoms with E-state index < -0.39 is 11.9 Å². The summed E-state index contributed by atoms with van der Waals surface area (Å²) >= 11 is 1.60. The fraction of sp³-hybridized carbons (Fsp3) is 0.562. The average Bonchev–Trinajstić information content (AvgIpc) is 2.55. The summed E-state index contributed by atoms with van der Waals surface area (Å²) in [4.78, 5) is 15.5. The van der Waals surface area contributed by atoms with Crippen molar-refractivity contribution in [2.75, 3.05) is 33.6 Å². The van der Waals surface area contributed by atoms with Crippen LogP contribution in [0, 0.1) is 6.92 Å². The van der Waals surface area contributed by atoms with E-state index in [1.807, 2.05) is 31.4 Å². The van der Waals surface area contributed by atoms with Gasteiger partial charge < -0.3 is 19.5 Å². The molecule has 1 aromatic rings. The predicted molar refractivity (Wildman–Crippen MR) is 86.2 cm³/mol. The number of methoxy groups -OCH3 is 2. The van der Waals surface area contributed by atoms with Gasteiger partial charge in [-0.05, 0) is 30.9 Å². The predicted octanol–water partition coefficient (Wildman–Crippen LogP) is 1.91. The minimum Gasteiger partial charge on any atom is -0.386 e. The Balaban J connectivity index is 2.19. The zero-order chi connectivity index (χ0) is 16.3. The van der Waals surface area contributed by atoms with Crippen molar-refractivity contribution < 1.29 is 19.4 Å². The van der Waals surface area contributed by atoms with Crippen molar-refractivity contribution in [2.24, 2.45) is 0 Å². The van der Waals surface area contributed by atoms with Crippen LogP contribution in [0.25, 0.3) is 0 Å². The molecule has 1 atom stereocenters. The van der Waals surface area contributed by atoms with Gasteiger partial charge in [-0.15, -0.1) is 11.8 Å². The molecular formula is C16H23NO4S. The highest BCUT2D eigenvalue weighted by atomic mass is 32.2. The van der Waals surface area contributed by atoms with Crippen LogP contribution in [-0.2, 0) is 9.47 Å². The Morgan fingerprint density at radius 2 is 2.09 bits per heavy atom. The molecule has 1 saturated heterocycles. The zero-order valence-corrected chi connectivity index (χ0v) is 14.3. The van der Waals surface area contributed by atoms with Gasteiger partial charge in [-0.25, -0.2) is 0 Å². The molecule has 5 nitrogen and oxygen atoms in total. The van der Waals surface area contributed by atoms with Crippen LogP contribution in [0.3, 0.4) is 0 Å². The van der Waals surface area contributed by atoms with Gasteiger partial charge in [0.15, 0.2) is 5.79 Å². The van der Waals surface area contributed by atoms with E-state index in [-0.39, 0.29) is 12.5 Å². The minimum absolute atomic E-state index is 0.0618. The van der Waals surface area contributed by atoms with Gasteiger partial charge in [0, 0.05) is 37.6 Å². The molecule has 6 heteroatoms. The van der Waals surface area contributed by atoms with Crippen LogP contribution < -0.4 is 0 Å². The van der Waals surface area contributed by atoms with Crippen molar-refractivity contribution in [1.29, 1.82) is 0 Å². The maximum atomic E-state index is 12.7. The quantitative estimate of drug-likeness (QED) is 0.677. The lowest BCUT2D eigenvalue weighted by Gasteiger charge is -2.43. The molecule has 1 aliphatic rings. The monoisotopic (exact) mass is 325 g/mol. The highest BCUT2D eigenvalue weighted by molar-refractivity contribution is 7.98. The number of nitrogens with zero attached hydrogens (tertiary/aromatic N) is 1. The van der Waals surface area contributed by atoms with E-state index in [0.29, 0.717) is 18.5 Å². The fourth-order valence-electron chi connectivity index (χ4n) is 2.77. The maximum absolute atomic E-state index is 12.7. The number of β-amino-alcohol motifs (C(OH)–C–C–N with tert-alkyl or cyclic N) is 1. The third kappa shape index (κ3) is 3.15. The first-order chi connectivity index (χ1) is 10.5. The van der Waals surface area contributed by atoms with Crippen LogP contribution in [0.15, 0.2) is 23.1 Å². The Hall–Kier alpha value is -1.08. The number of hydrogen-bond acceptors (Lipinski definition) is 5. The SMILES string of the molecule is COC1(OC)CCN(C(=O)c2cc(SC)ccc2C)C[C@H]1O. The molecule has 1 aliphatic heterocycles. The summed E-state index contributed by atoms with van der Waals surface area (Å²) in [6.45, 7) is 2.61. The Kier molecular flexibility index (Phi) is 5.50. The molecule has 0 bridgehead atoms. The Bertz CT molecular complexity index is 545. The fourth-order valence-corrected chi connectivity index (χ4v) is 3.21. The first-order valence-electron chi connectivity index (χ1n) is 7.19. The largest absolute Gasteiger partial charge is 0.386 e. The Labute approximate surface area is 135 Å². The van der Waals surface area contributed by atoms with E-state index in [2.05, 4.69) is 0 Å². The molecule has 122 valence electrons. The van der Waals surface area contributed by atoms with Gasteiger partial charge >= 0.3 is 0 Å². The highest BCUT2D eigenvalue weighted by Gasteiger charge is 2.44. The van der Waals surface area contributed by atoms with Crippen LogP contribution in [0.4, 0.5) is 0 Å². The first kappa shape index (κ1) is 17.3. The van der Waals surface area contributed by atoms with Crippen LogP contribution in [0.1, 0.15) is 22.3 Å². The number of aryl methyl sites for hydroxylation is 1. The van der Waals surface area contributed by atoms with Crippen molar-refractivity contribution >= 4 is 17.7 Å². The number of hydrogen-bond donors (Lipinski definition) is 1. The number of ether oxygens (including phenoxy) is 2. The van der Waals surface area contributed by atoms with Crippen molar-refractivity contribution in [1.82, 2.24) is 4.90 Å². The average molecular weight is 325 g/mol. The van der Waals surface area contributed by atoms with E-state index in [1.165, 1.54) is 14.2 Å². The molecule has 0 aliphatic carbocycles. The van der Waals surface area contributed by atoms with Crippen molar-refractivity contribution in [3.05, 3.63) is 29.3 Å². The summed E-state index contributed by atoms with van der Waals surface area (Å²) in [5.41, 5.74) is 1.62. The molecule has 0 radical (unpaired) electrons. The van der Waals surface area contributed by atoms with Gasteiger partial charge in [0.2, 0.25) is 0 Å². The van der Waals surface area contributed by atoms with Gasteiger partial charge in [-0.3, -0.25) is 4.79 Å². The van der Waals surface area contributed by atoms with Gasteiger partial charge in [-0.1, -0.05) is 6.07 Å². The number of aliphatic hydroxyl groups is 1. The van der Waals surface area contributed by atoms with Gasteiger partial charge in [0.05, 0.1) is 6.54 Å². The summed E-state index contributed by atoms with van der Waals surface area (Å²) in [5, 5.41) is 10.3. The molecule has 0 saturated carbocycles. The Morgan fingerprint density at radius 1 is 1.41 bits per heavy atom. The first-order valence-corrected chi connectivity index (χ1v) is 8.42. The summed E-state index contributed by atoms with van der Waals surface area (Å²) in [5.74, 6) is -1.08. The summed E-state index contributed by atoms with van der Waals surface area (Å²) < 4.78 is 10.6. The number of aliphatic hydroxyl groups excluding tert-OH is 1. The van der Waals surface area contributed by atoms with E-state index in [1.54, 1.807) is 16.7 Å². The van der Waals surface area contributed by atoms with E-state index in [0.717, 1.165) is 10.5 Å². The van der Waals surface area contributed by atoms with Crippen LogP contribution >= 0.6 is 11.8 Å². The van der Waals surface area contributed by atoms with Gasteiger partial charge in [-0.2, -0.15) is 0 Å². The molecule has 1 fully saturated rings. The van der Waals surface area contributed by atoms with Crippen molar-refractivity contribution in [3.8, 4) is 0 Å². The van der Waals surface area contributed by atoms with Crippen molar-refractivity contribution in [3.63, 3.8) is 0 Å². The van der Waals surface area contributed by atoms with E-state index in [4.69, 9.17) is 9.47 Å². The van der Waals surface area contributed by atoms with E-state index in [9.17, 15) is 9.90 Å². The molecule has 1 heterocycles. The molecule has 2 rings (SSSR count). The number of carbonyl (C=O) groups excluding carboxylic acids is 1. The molecular weight excluding hydrogens is 302 g/mol. The second kappa shape index (κ2) is 7.00. The highest BCUT2D eigenvalue weighted by Crippen LogP contribution is 2.28. The molecule has 0 aromatic heterocycles. The van der Waals surface area contributed by atoms with Gasteiger partial charge in [0.25, 0.3) is 5.91 Å². The second-order valence-electron chi connectivity index (χ2n) is 5.42. The molecule has 22 heavy (non-hydrogen) atoms. The summed E-state index contributed by atoms with van der Waals surface area (Å²) in [6.07, 6.45) is 1.55. The van der Waals surface area contributed by atoms with Crippen LogP contribution in [0.2, 0.25) is 0 Å². The second-order valence-corrected chi connectivity index (χ2v) is 6.30. The zero-order valence-electron chi connectivity index (χ0n) is 13.5. The lowest BCUT2D eigenvalue weighted by Crippen LogP contribution is -2.58. The third-order valence-corrected chi connectivity index (χ3v) is 5.01. The number of likely N-dealkylation sites (tertiary alicyclic amines) is 1. The standard InChI is InChI=1S/C16H23NO4S/c1-11-5-6-12(22-4)9-13(11)15(19)17-8-7-16(20-2,21-3)14(18)10-17/h5-6,9,14,18H,7-8,10H2,1-4H3/t14-/m1/s1. The summed E-state index contributed by atoms with van der Waals surface area (Å²) in [6, 6.07) is 5.86. The number of thioether (sulfide) groups is 1. The third-order valence-electron chi connectivity index (χ3n) is 4.28.